The number of aliphatic carboxylic acids is 1. The Balaban J connectivity index is 0. The van der Waals surface area contributed by atoms with E-state index in [1.54, 1.807) is 12.3 Å². The van der Waals surface area contributed by atoms with Gasteiger partial charge in [-0.2, -0.15) is 5.26 Å². The number of carbonyl (C=O) groups excluding carboxylic acids is 1. The first-order valence-corrected chi connectivity index (χ1v) is 16.1. The predicted molar refractivity (Wildman–Crippen MR) is 195 cm³/mol. The van der Waals surface area contributed by atoms with Gasteiger partial charge in [0.1, 0.15) is 0 Å². The number of rotatable bonds is 11. The molecular formula is C39H52F2N4O3. The smallest absolute Gasteiger partial charge is 0.305 e. The van der Waals surface area contributed by atoms with Gasteiger partial charge in [0, 0.05) is 36.2 Å². The number of aryl methyl sites for hydroxylation is 1. The molecule has 0 saturated heterocycles. The number of hydrogen-bond acceptors (Lipinski definition) is 5. The highest BCUT2D eigenvalue weighted by atomic mass is 19.2. The van der Waals surface area contributed by atoms with E-state index in [1.165, 1.54) is 12.1 Å². The van der Waals surface area contributed by atoms with Crippen molar-refractivity contribution in [2.45, 2.75) is 82.2 Å². The van der Waals surface area contributed by atoms with Gasteiger partial charge in [0.2, 0.25) is 6.41 Å². The highest BCUT2D eigenvalue weighted by Crippen LogP contribution is 2.29. The summed E-state index contributed by atoms with van der Waals surface area (Å²) in [7, 11) is 0. The van der Waals surface area contributed by atoms with E-state index in [0.29, 0.717) is 34.4 Å². The van der Waals surface area contributed by atoms with Crippen LogP contribution in [-0.4, -0.2) is 29.0 Å². The highest BCUT2D eigenvalue weighted by Gasteiger charge is 2.13. The lowest BCUT2D eigenvalue weighted by atomic mass is 9.96. The molecule has 0 bridgehead atoms. The second kappa shape index (κ2) is 26.0. The van der Waals surface area contributed by atoms with Crippen molar-refractivity contribution in [1.82, 2.24) is 10.3 Å². The minimum atomic E-state index is -0.912. The van der Waals surface area contributed by atoms with E-state index >= 15 is 0 Å². The fourth-order valence-electron chi connectivity index (χ4n) is 3.84. The van der Waals surface area contributed by atoms with Gasteiger partial charge in [0.15, 0.2) is 11.6 Å². The van der Waals surface area contributed by atoms with Crippen molar-refractivity contribution >= 4 is 23.6 Å². The summed E-state index contributed by atoms with van der Waals surface area (Å²) in [6.45, 7) is 24.2. The van der Waals surface area contributed by atoms with E-state index in [4.69, 9.17) is 5.11 Å². The van der Waals surface area contributed by atoms with Crippen LogP contribution in [0, 0.1) is 29.9 Å². The van der Waals surface area contributed by atoms with Crippen LogP contribution in [0.4, 0.5) is 14.5 Å². The first kappa shape index (κ1) is 45.0. The summed E-state index contributed by atoms with van der Waals surface area (Å²) in [4.78, 5) is 23.5. The van der Waals surface area contributed by atoms with Crippen LogP contribution < -0.4 is 10.6 Å². The van der Waals surface area contributed by atoms with E-state index in [-0.39, 0.29) is 19.5 Å². The van der Waals surface area contributed by atoms with Crippen LogP contribution in [0.25, 0.3) is 16.7 Å². The van der Waals surface area contributed by atoms with Crippen molar-refractivity contribution in [2.24, 2.45) is 0 Å². The molecule has 0 atom stereocenters. The summed E-state index contributed by atoms with van der Waals surface area (Å²) in [5.74, 6) is -2.73. The number of amides is 1. The number of pyridine rings is 1. The largest absolute Gasteiger partial charge is 0.481 e. The molecule has 260 valence electrons. The Bertz CT molecular complexity index is 1540. The number of nitrogens with one attached hydrogen (secondary N) is 2. The van der Waals surface area contributed by atoms with Crippen molar-refractivity contribution in [3.63, 3.8) is 0 Å². The Morgan fingerprint density at radius 2 is 1.60 bits per heavy atom. The molecule has 7 nitrogen and oxygen atoms in total. The van der Waals surface area contributed by atoms with Crippen LogP contribution >= 0.6 is 0 Å². The summed E-state index contributed by atoms with van der Waals surface area (Å²) in [5, 5.41) is 23.2. The van der Waals surface area contributed by atoms with Crippen LogP contribution in [0.3, 0.4) is 0 Å². The summed E-state index contributed by atoms with van der Waals surface area (Å²) in [6, 6.07) is 13.8. The van der Waals surface area contributed by atoms with E-state index in [0.717, 1.165) is 28.0 Å². The Morgan fingerprint density at radius 3 is 2.10 bits per heavy atom. The first-order chi connectivity index (χ1) is 22.9. The average molecular weight is 663 g/mol. The molecule has 3 aromatic rings. The fourth-order valence-corrected chi connectivity index (χ4v) is 3.84. The zero-order valence-corrected chi connectivity index (χ0v) is 30.1. The lowest BCUT2D eigenvalue weighted by molar-refractivity contribution is -0.136. The normalized spacial score (nSPS) is 9.52. The molecule has 0 aliphatic rings. The van der Waals surface area contributed by atoms with Crippen LogP contribution in [0.1, 0.15) is 91.1 Å². The molecule has 0 radical (unpaired) electrons. The van der Waals surface area contributed by atoms with Gasteiger partial charge < -0.3 is 15.7 Å². The molecule has 0 aliphatic heterocycles. The Kier molecular flexibility index (Phi) is 24.4. The van der Waals surface area contributed by atoms with E-state index in [2.05, 4.69) is 28.3 Å². The van der Waals surface area contributed by atoms with Gasteiger partial charge in [0.05, 0.1) is 18.1 Å². The number of benzene rings is 2. The van der Waals surface area contributed by atoms with Crippen molar-refractivity contribution in [3.05, 3.63) is 113 Å². The van der Waals surface area contributed by atoms with Gasteiger partial charge in [-0.1, -0.05) is 83.6 Å². The maximum atomic E-state index is 14.1. The molecular weight excluding hydrogens is 610 g/mol. The Labute approximate surface area is 286 Å². The van der Waals surface area contributed by atoms with Crippen LogP contribution in [0.15, 0.2) is 78.5 Å². The molecule has 48 heavy (non-hydrogen) atoms. The quantitative estimate of drug-likeness (QED) is 0.107. The third-order valence-corrected chi connectivity index (χ3v) is 5.72. The summed E-state index contributed by atoms with van der Waals surface area (Å²) >= 11 is 0. The van der Waals surface area contributed by atoms with Gasteiger partial charge in [-0.3, -0.25) is 14.6 Å². The van der Waals surface area contributed by atoms with Gasteiger partial charge in [-0.15, -0.1) is 0 Å². The number of halogens is 2. The van der Waals surface area contributed by atoms with Gasteiger partial charge in [-0.05, 0) is 80.3 Å². The maximum absolute atomic E-state index is 14.1. The minimum absolute atomic E-state index is 0.0151. The van der Waals surface area contributed by atoms with Crippen LogP contribution in [-0.2, 0) is 16.1 Å². The molecule has 9 heteroatoms. The van der Waals surface area contributed by atoms with Crippen LogP contribution in [0.2, 0.25) is 0 Å². The number of allylic oxidation sites excluding steroid dienone is 5. The third kappa shape index (κ3) is 17.0. The Morgan fingerprint density at radius 1 is 0.979 bits per heavy atom. The minimum Gasteiger partial charge on any atom is -0.481 e. The average Bonchev–Trinajstić information content (AvgIpc) is 3.07. The van der Waals surface area contributed by atoms with Gasteiger partial charge >= 0.3 is 5.97 Å². The second-order valence-electron chi connectivity index (χ2n) is 9.72. The van der Waals surface area contributed by atoms with E-state index in [1.807, 2.05) is 106 Å². The molecule has 3 rings (SSSR count). The van der Waals surface area contributed by atoms with Crippen molar-refractivity contribution < 1.29 is 23.5 Å². The Hall–Kier alpha value is -5.10. The molecule has 3 N–H and O–H groups in total. The van der Waals surface area contributed by atoms with Gasteiger partial charge in [-0.25, -0.2) is 8.78 Å². The molecule has 1 heterocycles. The summed E-state index contributed by atoms with van der Waals surface area (Å²) < 4.78 is 28.1. The topological polar surface area (TPSA) is 115 Å². The van der Waals surface area contributed by atoms with Crippen molar-refractivity contribution in [1.29, 1.82) is 5.26 Å². The summed E-state index contributed by atoms with van der Waals surface area (Å²) in [5.41, 5.74) is 7.58. The van der Waals surface area contributed by atoms with Crippen molar-refractivity contribution in [3.8, 4) is 17.2 Å². The van der Waals surface area contributed by atoms with E-state index < -0.39 is 17.6 Å². The summed E-state index contributed by atoms with van der Waals surface area (Å²) in [6.07, 6.45) is 6.06. The number of hydrogen-bond donors (Lipinski definition) is 3. The number of anilines is 1. The number of nitriles is 1. The van der Waals surface area contributed by atoms with Crippen molar-refractivity contribution in [2.75, 3.05) is 11.9 Å². The first-order valence-electron chi connectivity index (χ1n) is 16.1. The molecule has 1 aromatic heterocycles. The molecule has 0 fully saturated rings. The van der Waals surface area contributed by atoms with Gasteiger partial charge in [0.25, 0.3) is 0 Å². The highest BCUT2D eigenvalue weighted by molar-refractivity contribution is 5.81. The second-order valence-corrected chi connectivity index (χ2v) is 9.72. The number of carbonyl (C=O) groups is 2. The number of nitrogens with zero attached hydrogens (tertiary/aromatic N) is 2. The van der Waals surface area contributed by atoms with E-state index in [9.17, 15) is 23.6 Å². The number of aromatic nitrogens is 1. The standard InChI is InChI=1S/C29H27F2N3.C4H7NO3.3C2H6/c1-18(2)10-22(11-19(3)4)26-9-8-25(12-23(26)15-32)34-17-24-13-28(30)29(31)14-27(24)21-7-6-20(5)33-16-21;6-3-5-2-1-4(7)8;3*1-2/h6-14,16,34H,1,17H2,2-5H3;3H,1-2H2,(H,5,6)(H,7,8);3*1-2H3/b22-10+;;;;. The molecule has 0 unspecified atom stereocenters. The number of carboxylic acids is 1. The van der Waals surface area contributed by atoms with Crippen LogP contribution in [0.5, 0.6) is 0 Å². The zero-order valence-electron chi connectivity index (χ0n) is 30.1. The SMILES string of the molecule is C=C(C)/C=C(\C=C(C)C)c1ccc(NCc2cc(F)c(F)cc2-c2ccc(C)nc2)cc1C#N.CC.CC.CC.O=CNCCC(=O)O. The molecule has 1 amide bonds. The predicted octanol–water partition coefficient (Wildman–Crippen LogP) is 10.0. The molecule has 0 spiro atoms. The molecule has 0 aliphatic carbocycles. The lowest BCUT2D eigenvalue weighted by Crippen LogP contribution is -2.15. The fraction of sp³-hybridized carbons (Fsp3) is 0.333. The lowest BCUT2D eigenvalue weighted by Gasteiger charge is -2.14. The zero-order chi connectivity index (χ0) is 37.2. The monoisotopic (exact) mass is 662 g/mol. The molecule has 2 aromatic carbocycles. The molecule has 0 saturated carbocycles. The third-order valence-electron chi connectivity index (χ3n) is 5.72. The number of carboxylic acid groups (broad SMARTS) is 1. The maximum Gasteiger partial charge on any atom is 0.305 e.